The molecule has 3 rings (SSSR count). The highest BCUT2D eigenvalue weighted by molar-refractivity contribution is 5.89. The molecule has 7 nitrogen and oxygen atoms in total. The highest BCUT2D eigenvalue weighted by atomic mass is 15.3. The van der Waals surface area contributed by atoms with E-state index in [1.54, 1.807) is 19.4 Å². The van der Waals surface area contributed by atoms with Crippen LogP contribution in [0, 0.1) is 0 Å². The number of H-pyrrole nitrogens is 1. The maximum Gasteiger partial charge on any atom is 0.225 e. The SMILES string of the molecule is CCn1nccc1-c1nc(NC)nc2[nH]ncc12. The lowest BCUT2D eigenvalue weighted by atomic mass is 10.2. The quantitative estimate of drug-likeness (QED) is 0.723. The molecule has 0 aliphatic carbocycles. The molecule has 0 amide bonds. The van der Waals surface area contributed by atoms with Crippen LogP contribution in [0.1, 0.15) is 6.92 Å². The van der Waals surface area contributed by atoms with E-state index in [4.69, 9.17) is 0 Å². The van der Waals surface area contributed by atoms with Gasteiger partial charge >= 0.3 is 0 Å². The fraction of sp³-hybridized carbons (Fsp3) is 0.273. The summed E-state index contributed by atoms with van der Waals surface area (Å²) in [5, 5.41) is 15.0. The first kappa shape index (κ1) is 10.7. The van der Waals surface area contributed by atoms with Crippen molar-refractivity contribution in [1.82, 2.24) is 29.9 Å². The van der Waals surface area contributed by atoms with Gasteiger partial charge in [-0.15, -0.1) is 0 Å². The maximum atomic E-state index is 4.50. The van der Waals surface area contributed by atoms with Crippen LogP contribution in [-0.4, -0.2) is 37.0 Å². The van der Waals surface area contributed by atoms with Gasteiger partial charge in [0.25, 0.3) is 0 Å². The van der Waals surface area contributed by atoms with E-state index in [-0.39, 0.29) is 0 Å². The van der Waals surface area contributed by atoms with Gasteiger partial charge in [-0.25, -0.2) is 4.98 Å². The molecule has 18 heavy (non-hydrogen) atoms. The van der Waals surface area contributed by atoms with E-state index in [9.17, 15) is 0 Å². The Morgan fingerprint density at radius 1 is 1.39 bits per heavy atom. The smallest absolute Gasteiger partial charge is 0.225 e. The second-order valence-electron chi connectivity index (χ2n) is 3.81. The third-order valence-electron chi connectivity index (χ3n) is 2.79. The molecule has 7 heteroatoms. The first-order valence-corrected chi connectivity index (χ1v) is 5.74. The van der Waals surface area contributed by atoms with Crippen LogP contribution in [0.15, 0.2) is 18.5 Å². The second-order valence-corrected chi connectivity index (χ2v) is 3.81. The maximum absolute atomic E-state index is 4.50. The molecule has 3 aromatic heterocycles. The Kier molecular flexibility index (Phi) is 2.44. The number of anilines is 1. The molecule has 0 aliphatic heterocycles. The molecular weight excluding hydrogens is 230 g/mol. The van der Waals surface area contributed by atoms with Gasteiger partial charge in [-0.2, -0.15) is 15.2 Å². The Bertz CT molecular complexity index is 682. The van der Waals surface area contributed by atoms with Gasteiger partial charge in [0, 0.05) is 19.8 Å². The van der Waals surface area contributed by atoms with Crippen molar-refractivity contribution in [2.75, 3.05) is 12.4 Å². The number of rotatable bonds is 3. The Hall–Kier alpha value is -2.44. The van der Waals surface area contributed by atoms with E-state index >= 15 is 0 Å². The molecule has 0 fully saturated rings. The summed E-state index contributed by atoms with van der Waals surface area (Å²) in [6, 6.07) is 1.94. The fourth-order valence-electron chi connectivity index (χ4n) is 1.93. The van der Waals surface area contributed by atoms with Gasteiger partial charge in [0.05, 0.1) is 17.3 Å². The summed E-state index contributed by atoms with van der Waals surface area (Å²) in [6.07, 6.45) is 3.50. The molecule has 0 saturated heterocycles. The molecule has 0 atom stereocenters. The molecular formula is C11H13N7. The second kappa shape index (κ2) is 4.10. The summed E-state index contributed by atoms with van der Waals surface area (Å²) in [4.78, 5) is 8.81. The van der Waals surface area contributed by atoms with Gasteiger partial charge in [0.2, 0.25) is 5.95 Å². The lowest BCUT2D eigenvalue weighted by Gasteiger charge is -2.06. The fourth-order valence-corrected chi connectivity index (χ4v) is 1.93. The van der Waals surface area contributed by atoms with Crippen molar-refractivity contribution in [3.05, 3.63) is 18.5 Å². The number of hydrogen-bond acceptors (Lipinski definition) is 5. The normalized spacial score (nSPS) is 11.0. The summed E-state index contributed by atoms with van der Waals surface area (Å²) in [5.41, 5.74) is 2.51. The van der Waals surface area contributed by atoms with Crippen LogP contribution < -0.4 is 5.32 Å². The highest BCUT2D eigenvalue weighted by Gasteiger charge is 2.14. The summed E-state index contributed by atoms with van der Waals surface area (Å²) in [7, 11) is 1.79. The van der Waals surface area contributed by atoms with Crippen molar-refractivity contribution in [1.29, 1.82) is 0 Å². The van der Waals surface area contributed by atoms with Crippen LogP contribution in [0.2, 0.25) is 0 Å². The molecule has 0 unspecified atom stereocenters. The van der Waals surface area contributed by atoms with E-state index in [1.807, 2.05) is 17.7 Å². The standard InChI is InChI=1S/C11H13N7/c1-3-18-8(4-5-14-18)9-7-6-13-17-10(7)16-11(12-2)15-9/h4-6H,3H2,1-2H3,(H2,12,13,15,16,17). The first-order valence-electron chi connectivity index (χ1n) is 5.74. The van der Waals surface area contributed by atoms with Crippen LogP contribution in [0.25, 0.3) is 22.4 Å². The Morgan fingerprint density at radius 2 is 2.28 bits per heavy atom. The number of aromatic nitrogens is 6. The van der Waals surface area contributed by atoms with E-state index in [2.05, 4.69) is 30.6 Å². The van der Waals surface area contributed by atoms with E-state index in [0.717, 1.165) is 23.3 Å². The van der Waals surface area contributed by atoms with E-state index in [0.29, 0.717) is 11.6 Å². The number of fused-ring (bicyclic) bond motifs is 1. The summed E-state index contributed by atoms with van der Waals surface area (Å²) < 4.78 is 1.90. The number of aromatic amines is 1. The Labute approximate surface area is 103 Å². The molecule has 3 heterocycles. The third-order valence-corrected chi connectivity index (χ3v) is 2.79. The van der Waals surface area contributed by atoms with Crippen LogP contribution in [0.4, 0.5) is 5.95 Å². The molecule has 2 N–H and O–H groups in total. The number of nitrogens with zero attached hydrogens (tertiary/aromatic N) is 5. The van der Waals surface area contributed by atoms with Gasteiger partial charge in [0.15, 0.2) is 5.65 Å². The van der Waals surface area contributed by atoms with E-state index < -0.39 is 0 Å². The summed E-state index contributed by atoms with van der Waals surface area (Å²) in [5.74, 6) is 0.561. The Morgan fingerprint density at radius 3 is 3.06 bits per heavy atom. The van der Waals surface area contributed by atoms with Crippen molar-refractivity contribution >= 4 is 17.0 Å². The predicted octanol–water partition coefficient (Wildman–Crippen LogP) is 1.28. The lowest BCUT2D eigenvalue weighted by Crippen LogP contribution is -2.03. The first-order chi connectivity index (χ1) is 8.83. The minimum Gasteiger partial charge on any atom is -0.357 e. The monoisotopic (exact) mass is 243 g/mol. The molecule has 0 saturated carbocycles. The van der Waals surface area contributed by atoms with Gasteiger partial charge in [-0.1, -0.05) is 0 Å². The summed E-state index contributed by atoms with van der Waals surface area (Å²) in [6.45, 7) is 2.84. The van der Waals surface area contributed by atoms with Crippen molar-refractivity contribution in [2.24, 2.45) is 0 Å². The van der Waals surface area contributed by atoms with E-state index in [1.165, 1.54) is 0 Å². The molecule has 0 radical (unpaired) electrons. The lowest BCUT2D eigenvalue weighted by molar-refractivity contribution is 0.666. The molecule has 0 bridgehead atoms. The highest BCUT2D eigenvalue weighted by Crippen LogP contribution is 2.25. The molecule has 0 spiro atoms. The summed E-state index contributed by atoms with van der Waals surface area (Å²) >= 11 is 0. The van der Waals surface area contributed by atoms with Crippen LogP contribution >= 0.6 is 0 Å². The zero-order chi connectivity index (χ0) is 12.5. The number of nitrogens with one attached hydrogen (secondary N) is 2. The minimum absolute atomic E-state index is 0.561. The van der Waals surface area contributed by atoms with Crippen LogP contribution in [0.5, 0.6) is 0 Å². The van der Waals surface area contributed by atoms with Crippen molar-refractivity contribution in [3.63, 3.8) is 0 Å². The predicted molar refractivity (Wildman–Crippen MR) is 68.1 cm³/mol. The average molecular weight is 243 g/mol. The zero-order valence-electron chi connectivity index (χ0n) is 10.2. The van der Waals surface area contributed by atoms with Gasteiger partial charge in [0.1, 0.15) is 5.69 Å². The third kappa shape index (κ3) is 1.52. The van der Waals surface area contributed by atoms with Gasteiger partial charge in [-0.05, 0) is 13.0 Å². The number of aryl methyl sites for hydroxylation is 1. The largest absolute Gasteiger partial charge is 0.357 e. The molecule has 3 aromatic rings. The Balaban J connectivity index is 2.30. The molecule has 0 aliphatic rings. The molecule has 92 valence electrons. The van der Waals surface area contributed by atoms with Gasteiger partial charge in [-0.3, -0.25) is 9.78 Å². The van der Waals surface area contributed by atoms with Crippen LogP contribution in [0.3, 0.4) is 0 Å². The average Bonchev–Trinajstić information content (AvgIpc) is 3.05. The zero-order valence-corrected chi connectivity index (χ0v) is 10.2. The topological polar surface area (TPSA) is 84.3 Å². The molecule has 0 aromatic carbocycles. The minimum atomic E-state index is 0.561. The number of hydrogen-bond donors (Lipinski definition) is 2. The van der Waals surface area contributed by atoms with Crippen molar-refractivity contribution in [2.45, 2.75) is 13.5 Å². The van der Waals surface area contributed by atoms with Crippen molar-refractivity contribution < 1.29 is 0 Å². The van der Waals surface area contributed by atoms with Crippen molar-refractivity contribution in [3.8, 4) is 11.4 Å². The van der Waals surface area contributed by atoms with Crippen LogP contribution in [-0.2, 0) is 6.54 Å². The van der Waals surface area contributed by atoms with Gasteiger partial charge < -0.3 is 5.32 Å².